The first-order valence-corrected chi connectivity index (χ1v) is 7.44. The fraction of sp³-hybridized carbons (Fsp3) is 0.375. The molecule has 1 aliphatic heterocycles. The summed E-state index contributed by atoms with van der Waals surface area (Å²) in [5, 5.41) is 3.35. The van der Waals surface area contributed by atoms with Gasteiger partial charge in [-0.3, -0.25) is 5.43 Å². The predicted octanol–water partition coefficient (Wildman–Crippen LogP) is 2.35. The molecule has 0 unspecified atom stereocenters. The Bertz CT molecular complexity index is 642. The van der Waals surface area contributed by atoms with Crippen LogP contribution in [0.5, 0.6) is 0 Å². The molecule has 0 amide bonds. The normalized spacial score (nSPS) is 13.3. The molecule has 0 fully saturated rings. The number of guanidine groups is 1. The molecule has 0 saturated carbocycles. The molecular formula is C16H21N5. The Kier molecular flexibility index (Phi) is 3.90. The number of aryl methyl sites for hydroxylation is 2. The van der Waals surface area contributed by atoms with Gasteiger partial charge in [0, 0.05) is 13.0 Å². The van der Waals surface area contributed by atoms with Crippen molar-refractivity contribution in [1.82, 2.24) is 15.0 Å². The fourth-order valence-corrected chi connectivity index (χ4v) is 2.51. The van der Waals surface area contributed by atoms with E-state index in [1.165, 1.54) is 5.56 Å². The molecule has 110 valence electrons. The van der Waals surface area contributed by atoms with Gasteiger partial charge in [-0.05, 0) is 18.9 Å². The van der Waals surface area contributed by atoms with E-state index in [0.29, 0.717) is 6.54 Å². The lowest BCUT2D eigenvalue weighted by atomic mass is 10.2. The average Bonchev–Trinajstić information content (AvgIpc) is 2.83. The quantitative estimate of drug-likeness (QED) is 0.905. The minimum absolute atomic E-state index is 0.673. The maximum Gasteiger partial charge on any atom is 0.211 e. The standard InChI is InChI=1S/C16H21N5/c1-3-7-15-19-12(2)14-11-18-16(20-21(14)15)17-10-13-8-5-4-6-9-13/h4-6,8-9H,3,7,10-11H2,1-2H3,(H2,17,18,20). The van der Waals surface area contributed by atoms with Crippen molar-refractivity contribution in [3.8, 4) is 0 Å². The number of benzene rings is 1. The molecule has 0 aliphatic carbocycles. The van der Waals surface area contributed by atoms with E-state index in [4.69, 9.17) is 0 Å². The predicted molar refractivity (Wildman–Crippen MR) is 84.7 cm³/mol. The highest BCUT2D eigenvalue weighted by atomic mass is 15.5. The Morgan fingerprint density at radius 3 is 2.86 bits per heavy atom. The Morgan fingerprint density at radius 2 is 2.10 bits per heavy atom. The van der Waals surface area contributed by atoms with Gasteiger partial charge in [-0.25, -0.2) is 14.7 Å². The van der Waals surface area contributed by atoms with E-state index in [2.05, 4.69) is 44.5 Å². The zero-order valence-corrected chi connectivity index (χ0v) is 12.6. The number of nitrogens with one attached hydrogen (secondary N) is 2. The SMILES string of the molecule is CCCc1nc(C)c2n1NC(NCc1ccccc1)=NC2. The molecule has 0 radical (unpaired) electrons. The summed E-state index contributed by atoms with van der Waals surface area (Å²) in [5.74, 6) is 1.89. The van der Waals surface area contributed by atoms with E-state index in [1.807, 2.05) is 25.1 Å². The van der Waals surface area contributed by atoms with Gasteiger partial charge in [0.15, 0.2) is 0 Å². The zero-order chi connectivity index (χ0) is 14.7. The van der Waals surface area contributed by atoms with Gasteiger partial charge in [-0.2, -0.15) is 0 Å². The third-order valence-corrected chi connectivity index (χ3v) is 3.62. The molecule has 5 nitrogen and oxygen atoms in total. The van der Waals surface area contributed by atoms with E-state index < -0.39 is 0 Å². The Balaban J connectivity index is 1.69. The monoisotopic (exact) mass is 283 g/mol. The second-order valence-corrected chi connectivity index (χ2v) is 5.26. The van der Waals surface area contributed by atoms with E-state index in [-0.39, 0.29) is 0 Å². The summed E-state index contributed by atoms with van der Waals surface area (Å²) in [4.78, 5) is 9.19. The average molecular weight is 283 g/mol. The molecule has 5 heteroatoms. The van der Waals surface area contributed by atoms with Crippen LogP contribution < -0.4 is 10.7 Å². The molecule has 0 bridgehead atoms. The molecule has 1 aromatic heterocycles. The number of rotatable bonds is 4. The topological polar surface area (TPSA) is 54.2 Å². The lowest BCUT2D eigenvalue weighted by molar-refractivity contribution is 0.719. The van der Waals surface area contributed by atoms with Crippen molar-refractivity contribution >= 4 is 5.96 Å². The molecule has 1 aliphatic rings. The third kappa shape index (κ3) is 2.91. The van der Waals surface area contributed by atoms with Crippen LogP contribution in [0.4, 0.5) is 0 Å². The molecule has 2 N–H and O–H groups in total. The molecule has 21 heavy (non-hydrogen) atoms. The van der Waals surface area contributed by atoms with Crippen molar-refractivity contribution in [1.29, 1.82) is 0 Å². The number of aliphatic imine (C=N–C) groups is 1. The van der Waals surface area contributed by atoms with Gasteiger partial charge in [0.1, 0.15) is 5.82 Å². The van der Waals surface area contributed by atoms with Crippen molar-refractivity contribution in [2.45, 2.75) is 39.8 Å². The second kappa shape index (κ2) is 5.99. The first-order chi connectivity index (χ1) is 10.3. The van der Waals surface area contributed by atoms with E-state index in [9.17, 15) is 0 Å². The second-order valence-electron chi connectivity index (χ2n) is 5.26. The minimum atomic E-state index is 0.673. The van der Waals surface area contributed by atoms with Crippen molar-refractivity contribution in [2.24, 2.45) is 4.99 Å². The van der Waals surface area contributed by atoms with Gasteiger partial charge in [0.25, 0.3) is 0 Å². The Hall–Kier alpha value is -2.30. The lowest BCUT2D eigenvalue weighted by Gasteiger charge is -2.21. The number of hydrogen-bond donors (Lipinski definition) is 2. The van der Waals surface area contributed by atoms with Crippen LogP contribution in [-0.4, -0.2) is 15.6 Å². The lowest BCUT2D eigenvalue weighted by Crippen LogP contribution is -2.39. The number of nitrogens with zero attached hydrogens (tertiary/aromatic N) is 3. The van der Waals surface area contributed by atoms with Gasteiger partial charge in [0.2, 0.25) is 5.96 Å². The molecule has 0 spiro atoms. The summed E-state index contributed by atoms with van der Waals surface area (Å²) in [7, 11) is 0. The zero-order valence-electron chi connectivity index (χ0n) is 12.6. The summed E-state index contributed by atoms with van der Waals surface area (Å²) < 4.78 is 2.08. The number of aromatic nitrogens is 2. The van der Waals surface area contributed by atoms with E-state index in [1.54, 1.807) is 0 Å². The smallest absolute Gasteiger partial charge is 0.211 e. The Morgan fingerprint density at radius 1 is 1.29 bits per heavy atom. The summed E-state index contributed by atoms with van der Waals surface area (Å²) in [6.45, 7) is 5.65. The minimum Gasteiger partial charge on any atom is -0.351 e. The van der Waals surface area contributed by atoms with E-state index >= 15 is 0 Å². The van der Waals surface area contributed by atoms with Crippen LogP contribution in [0.15, 0.2) is 35.3 Å². The molecule has 0 atom stereocenters. The van der Waals surface area contributed by atoms with Crippen LogP contribution in [0.2, 0.25) is 0 Å². The first-order valence-electron chi connectivity index (χ1n) is 7.44. The molecule has 0 saturated heterocycles. The van der Waals surface area contributed by atoms with Gasteiger partial charge in [-0.15, -0.1) is 0 Å². The summed E-state index contributed by atoms with van der Waals surface area (Å²) >= 11 is 0. The largest absolute Gasteiger partial charge is 0.351 e. The van der Waals surface area contributed by atoms with Crippen LogP contribution in [0.1, 0.15) is 36.1 Å². The fourth-order valence-electron chi connectivity index (χ4n) is 2.51. The third-order valence-electron chi connectivity index (χ3n) is 3.62. The summed E-state index contributed by atoms with van der Waals surface area (Å²) in [5.41, 5.74) is 6.80. The van der Waals surface area contributed by atoms with Crippen molar-refractivity contribution in [3.05, 3.63) is 53.1 Å². The number of imidazole rings is 1. The summed E-state index contributed by atoms with van der Waals surface area (Å²) in [6.07, 6.45) is 2.06. The van der Waals surface area contributed by atoms with Gasteiger partial charge >= 0.3 is 0 Å². The summed E-state index contributed by atoms with van der Waals surface area (Å²) in [6, 6.07) is 10.3. The number of fused-ring (bicyclic) bond motifs is 1. The molecule has 2 aromatic rings. The maximum atomic E-state index is 4.63. The molecule has 2 heterocycles. The molecule has 3 rings (SSSR count). The van der Waals surface area contributed by atoms with Gasteiger partial charge in [-0.1, -0.05) is 37.3 Å². The van der Waals surface area contributed by atoms with Crippen LogP contribution in [0.3, 0.4) is 0 Å². The van der Waals surface area contributed by atoms with Crippen LogP contribution in [0.25, 0.3) is 0 Å². The highest BCUT2D eigenvalue weighted by Gasteiger charge is 2.18. The van der Waals surface area contributed by atoms with Gasteiger partial charge in [0.05, 0.1) is 17.9 Å². The van der Waals surface area contributed by atoms with Crippen LogP contribution >= 0.6 is 0 Å². The van der Waals surface area contributed by atoms with Crippen molar-refractivity contribution in [3.63, 3.8) is 0 Å². The van der Waals surface area contributed by atoms with Crippen LogP contribution in [-0.2, 0) is 19.5 Å². The van der Waals surface area contributed by atoms with E-state index in [0.717, 1.165) is 42.6 Å². The maximum absolute atomic E-state index is 4.63. The first kappa shape index (κ1) is 13.7. The molecule has 1 aromatic carbocycles. The van der Waals surface area contributed by atoms with Crippen molar-refractivity contribution < 1.29 is 0 Å². The van der Waals surface area contributed by atoms with Gasteiger partial charge < -0.3 is 5.32 Å². The van der Waals surface area contributed by atoms with Crippen molar-refractivity contribution in [2.75, 3.05) is 5.43 Å². The molecular weight excluding hydrogens is 262 g/mol. The highest BCUT2D eigenvalue weighted by molar-refractivity contribution is 5.88. The Labute approximate surface area is 125 Å². The number of hydrogen-bond acceptors (Lipinski definition) is 4. The van der Waals surface area contributed by atoms with Crippen LogP contribution in [0, 0.1) is 6.92 Å². The highest BCUT2D eigenvalue weighted by Crippen LogP contribution is 2.15.